The van der Waals surface area contributed by atoms with Gasteiger partial charge in [0, 0.05) is 4.90 Å². The van der Waals surface area contributed by atoms with Gasteiger partial charge in [0.25, 0.3) is 0 Å². The number of aromatic hydroxyl groups is 1. The predicted molar refractivity (Wildman–Crippen MR) is 43.2 cm³/mol. The van der Waals surface area contributed by atoms with Crippen LogP contribution in [0.5, 0.6) is 5.75 Å². The van der Waals surface area contributed by atoms with Gasteiger partial charge in [-0.15, -0.1) is 12.6 Å². The summed E-state index contributed by atoms with van der Waals surface area (Å²) in [6, 6.07) is 4.84. The van der Waals surface area contributed by atoms with Gasteiger partial charge in [-0.05, 0) is 18.2 Å². The number of rotatable bonds is 1. The highest BCUT2D eigenvalue weighted by Gasteiger charge is 1.96. The summed E-state index contributed by atoms with van der Waals surface area (Å²) in [7, 11) is 0. The molecule has 0 bridgehead atoms. The molecule has 3 nitrogen and oxygen atoms in total. The van der Waals surface area contributed by atoms with Crippen molar-refractivity contribution in [2.45, 2.75) is 4.90 Å². The number of phenols is 1. The zero-order chi connectivity index (χ0) is 7.56. The number of hydrogen-bond acceptors (Lipinski definition) is 4. The number of benzene rings is 1. The van der Waals surface area contributed by atoms with Crippen LogP contribution in [0.1, 0.15) is 0 Å². The van der Waals surface area contributed by atoms with E-state index in [4.69, 9.17) is 10.9 Å². The quantitative estimate of drug-likeness (QED) is 0.212. The van der Waals surface area contributed by atoms with E-state index in [9.17, 15) is 0 Å². The zero-order valence-electron chi connectivity index (χ0n) is 5.20. The van der Waals surface area contributed by atoms with E-state index in [0.717, 1.165) is 4.90 Å². The lowest BCUT2D eigenvalue weighted by molar-refractivity contribution is 0.477. The van der Waals surface area contributed by atoms with Gasteiger partial charge in [-0.2, -0.15) is 0 Å². The van der Waals surface area contributed by atoms with E-state index in [0.29, 0.717) is 5.69 Å². The molecule has 0 spiro atoms. The Balaban J connectivity index is 3.09. The summed E-state index contributed by atoms with van der Waals surface area (Å²) in [6.45, 7) is 0. The van der Waals surface area contributed by atoms with Gasteiger partial charge in [0.2, 0.25) is 0 Å². The fraction of sp³-hybridized carbons (Fsp3) is 0. The van der Waals surface area contributed by atoms with Crippen molar-refractivity contribution in [3.63, 3.8) is 0 Å². The first-order valence-electron chi connectivity index (χ1n) is 2.72. The molecule has 4 heteroatoms. The zero-order valence-corrected chi connectivity index (χ0v) is 6.10. The Hall–Kier alpha value is -0.870. The van der Waals surface area contributed by atoms with Crippen molar-refractivity contribution < 1.29 is 5.11 Å². The largest absolute Gasteiger partial charge is 0.506 e. The first-order chi connectivity index (χ1) is 4.74. The van der Waals surface area contributed by atoms with Gasteiger partial charge in [-0.25, -0.2) is 0 Å². The summed E-state index contributed by atoms with van der Waals surface area (Å²) in [5.41, 5.74) is 2.82. The van der Waals surface area contributed by atoms with Crippen molar-refractivity contribution >= 4 is 18.3 Å². The van der Waals surface area contributed by atoms with Gasteiger partial charge in [0.1, 0.15) is 5.75 Å². The molecule has 0 radical (unpaired) electrons. The third-order valence-corrected chi connectivity index (χ3v) is 1.41. The van der Waals surface area contributed by atoms with Crippen LogP contribution in [0.2, 0.25) is 0 Å². The monoisotopic (exact) mass is 156 g/mol. The van der Waals surface area contributed by atoms with Gasteiger partial charge >= 0.3 is 0 Å². The van der Waals surface area contributed by atoms with Crippen molar-refractivity contribution in [1.29, 1.82) is 0 Å². The van der Waals surface area contributed by atoms with Gasteiger partial charge in [0.05, 0.1) is 5.69 Å². The predicted octanol–water partition coefficient (Wildman–Crippen LogP) is 0.966. The molecule has 0 saturated carbocycles. The molecule has 0 aliphatic heterocycles. The van der Waals surface area contributed by atoms with Gasteiger partial charge in [-0.3, -0.25) is 5.84 Å². The number of phenolic OH excluding ortho intramolecular Hbond substituents is 1. The van der Waals surface area contributed by atoms with Crippen molar-refractivity contribution in [2.24, 2.45) is 5.84 Å². The Morgan fingerprint density at radius 2 is 2.20 bits per heavy atom. The molecular formula is C6H8N2OS. The average molecular weight is 156 g/mol. The Morgan fingerprint density at radius 3 is 2.70 bits per heavy atom. The minimum atomic E-state index is 0.125. The summed E-state index contributed by atoms with van der Waals surface area (Å²) in [4.78, 5) is 0.755. The number of nitrogen functional groups attached to an aromatic ring is 1. The fourth-order valence-electron chi connectivity index (χ4n) is 0.640. The van der Waals surface area contributed by atoms with Crippen molar-refractivity contribution in [3.05, 3.63) is 18.2 Å². The second-order valence-electron chi connectivity index (χ2n) is 1.85. The molecule has 0 aliphatic rings. The third kappa shape index (κ3) is 1.34. The number of hydrogen-bond donors (Lipinski definition) is 4. The second kappa shape index (κ2) is 2.81. The van der Waals surface area contributed by atoms with Crippen molar-refractivity contribution in [1.82, 2.24) is 0 Å². The topological polar surface area (TPSA) is 58.3 Å². The maximum atomic E-state index is 9.06. The summed E-state index contributed by atoms with van der Waals surface area (Å²) in [6.07, 6.45) is 0. The first kappa shape index (κ1) is 7.24. The molecule has 0 aliphatic carbocycles. The Kier molecular flexibility index (Phi) is 2.03. The fourth-order valence-corrected chi connectivity index (χ4v) is 0.843. The highest BCUT2D eigenvalue weighted by atomic mass is 32.1. The lowest BCUT2D eigenvalue weighted by atomic mass is 10.3. The third-order valence-electron chi connectivity index (χ3n) is 1.14. The standard InChI is InChI=1S/C6H8N2OS/c7-8-5-3-4(10)1-2-6(5)9/h1-3,8-10H,7H2. The summed E-state index contributed by atoms with van der Waals surface area (Å²) >= 11 is 4.05. The van der Waals surface area contributed by atoms with Crippen LogP contribution >= 0.6 is 12.6 Å². The summed E-state index contributed by atoms with van der Waals surface area (Å²) in [5.74, 6) is 5.20. The van der Waals surface area contributed by atoms with Gasteiger partial charge in [-0.1, -0.05) is 0 Å². The lowest BCUT2D eigenvalue weighted by Crippen LogP contribution is -2.06. The normalized spacial score (nSPS) is 9.40. The molecule has 0 unspecified atom stereocenters. The second-order valence-corrected chi connectivity index (χ2v) is 2.36. The van der Waals surface area contributed by atoms with E-state index in [1.54, 1.807) is 12.1 Å². The molecule has 1 aromatic rings. The molecule has 1 rings (SSSR count). The van der Waals surface area contributed by atoms with E-state index in [-0.39, 0.29) is 5.75 Å². The molecule has 0 saturated heterocycles. The Bertz CT molecular complexity index is 239. The highest BCUT2D eigenvalue weighted by molar-refractivity contribution is 7.80. The molecule has 0 atom stereocenters. The SMILES string of the molecule is NNc1cc(S)ccc1O. The minimum absolute atomic E-state index is 0.125. The molecule has 10 heavy (non-hydrogen) atoms. The van der Waals surface area contributed by atoms with Crippen LogP contribution in [-0.2, 0) is 0 Å². The van der Waals surface area contributed by atoms with E-state index in [2.05, 4.69) is 18.1 Å². The van der Waals surface area contributed by atoms with E-state index in [1.807, 2.05) is 0 Å². The highest BCUT2D eigenvalue weighted by Crippen LogP contribution is 2.24. The molecule has 1 aromatic carbocycles. The number of anilines is 1. The van der Waals surface area contributed by atoms with Crippen molar-refractivity contribution in [3.8, 4) is 5.75 Å². The van der Waals surface area contributed by atoms with Crippen LogP contribution in [0.15, 0.2) is 23.1 Å². The molecule has 0 heterocycles. The summed E-state index contributed by atoms with van der Waals surface area (Å²) in [5, 5.41) is 9.06. The number of nitrogens with two attached hydrogens (primary N) is 1. The maximum absolute atomic E-state index is 9.06. The first-order valence-corrected chi connectivity index (χ1v) is 3.17. The minimum Gasteiger partial charge on any atom is -0.506 e. The Morgan fingerprint density at radius 1 is 1.50 bits per heavy atom. The van der Waals surface area contributed by atoms with Crippen LogP contribution in [-0.4, -0.2) is 5.11 Å². The van der Waals surface area contributed by atoms with Crippen molar-refractivity contribution in [2.75, 3.05) is 5.43 Å². The molecule has 54 valence electrons. The molecule has 4 N–H and O–H groups in total. The van der Waals surface area contributed by atoms with Gasteiger partial charge in [0.15, 0.2) is 0 Å². The summed E-state index contributed by atoms with van der Waals surface area (Å²) < 4.78 is 0. The van der Waals surface area contributed by atoms with Crippen LogP contribution in [0, 0.1) is 0 Å². The Labute approximate surface area is 64.2 Å². The number of thiol groups is 1. The average Bonchev–Trinajstić information content (AvgIpc) is 1.94. The van der Waals surface area contributed by atoms with Crippen LogP contribution in [0.4, 0.5) is 5.69 Å². The molecule has 0 aromatic heterocycles. The van der Waals surface area contributed by atoms with E-state index < -0.39 is 0 Å². The smallest absolute Gasteiger partial charge is 0.140 e. The van der Waals surface area contributed by atoms with Gasteiger partial charge < -0.3 is 10.5 Å². The van der Waals surface area contributed by atoms with Crippen LogP contribution < -0.4 is 11.3 Å². The van der Waals surface area contributed by atoms with Crippen LogP contribution in [0.25, 0.3) is 0 Å². The number of hydrazine groups is 1. The molecule has 0 fully saturated rings. The maximum Gasteiger partial charge on any atom is 0.140 e. The molecular weight excluding hydrogens is 148 g/mol. The van der Waals surface area contributed by atoms with Crippen LogP contribution in [0.3, 0.4) is 0 Å². The lowest BCUT2D eigenvalue weighted by Gasteiger charge is -2.02. The van der Waals surface area contributed by atoms with E-state index in [1.165, 1.54) is 6.07 Å². The molecule has 0 amide bonds. The number of nitrogens with one attached hydrogen (secondary N) is 1. The van der Waals surface area contributed by atoms with E-state index >= 15 is 0 Å².